The lowest BCUT2D eigenvalue weighted by atomic mass is 9.90. The Hall–Kier alpha value is -1.06. The Kier molecular flexibility index (Phi) is 3.69. The Morgan fingerprint density at radius 2 is 2.00 bits per heavy atom. The van der Waals surface area contributed by atoms with Crippen LogP contribution in [0.25, 0.3) is 0 Å². The van der Waals surface area contributed by atoms with Gasteiger partial charge in [0.2, 0.25) is 5.91 Å². The predicted octanol–water partition coefficient (Wildman–Crippen LogP) is 1.75. The number of likely N-dealkylation sites (tertiary alicyclic amines) is 1. The van der Waals surface area contributed by atoms with Crippen LogP contribution in [-0.2, 0) is 9.59 Å². The van der Waals surface area contributed by atoms with Gasteiger partial charge in [0.15, 0.2) is 0 Å². The Morgan fingerprint density at radius 1 is 1.29 bits per heavy atom. The molecule has 0 aromatic heterocycles. The molecule has 2 aliphatic rings. The van der Waals surface area contributed by atoms with Crippen LogP contribution < -0.4 is 0 Å². The van der Waals surface area contributed by atoms with E-state index in [2.05, 4.69) is 0 Å². The average Bonchev–Trinajstić information content (AvgIpc) is 3.08. The monoisotopic (exact) mass is 239 g/mol. The zero-order chi connectivity index (χ0) is 12.4. The summed E-state index contributed by atoms with van der Waals surface area (Å²) in [5.74, 6) is 0.0704. The van der Waals surface area contributed by atoms with Crippen molar-refractivity contribution in [3.8, 4) is 0 Å². The summed E-state index contributed by atoms with van der Waals surface area (Å²) >= 11 is 0. The number of piperidine rings is 1. The van der Waals surface area contributed by atoms with Crippen molar-refractivity contribution in [3.05, 3.63) is 0 Å². The summed E-state index contributed by atoms with van der Waals surface area (Å²) in [4.78, 5) is 24.7. The van der Waals surface area contributed by atoms with Gasteiger partial charge in [-0.1, -0.05) is 19.8 Å². The summed E-state index contributed by atoms with van der Waals surface area (Å²) < 4.78 is 0. The minimum Gasteiger partial charge on any atom is -0.481 e. The topological polar surface area (TPSA) is 57.6 Å². The first-order valence-corrected chi connectivity index (χ1v) is 6.57. The molecule has 2 atom stereocenters. The second kappa shape index (κ2) is 5.07. The molecule has 4 nitrogen and oxygen atoms in total. The highest BCUT2D eigenvalue weighted by molar-refractivity contribution is 5.78. The minimum atomic E-state index is -0.767. The van der Waals surface area contributed by atoms with Crippen LogP contribution in [0.3, 0.4) is 0 Å². The second-order valence-corrected chi connectivity index (χ2v) is 5.66. The van der Waals surface area contributed by atoms with E-state index in [4.69, 9.17) is 5.11 Å². The number of carbonyl (C=O) groups excluding carboxylic acids is 1. The highest BCUT2D eigenvalue weighted by atomic mass is 16.4. The molecule has 17 heavy (non-hydrogen) atoms. The number of aliphatic carboxylic acids is 1. The first-order valence-electron chi connectivity index (χ1n) is 6.57. The number of hydrogen-bond donors (Lipinski definition) is 1. The lowest BCUT2D eigenvalue weighted by Crippen LogP contribution is -2.45. The maximum absolute atomic E-state index is 12.0. The van der Waals surface area contributed by atoms with E-state index in [0.717, 1.165) is 18.9 Å². The summed E-state index contributed by atoms with van der Waals surface area (Å²) in [6.45, 7) is 3.16. The molecule has 1 heterocycles. The smallest absolute Gasteiger partial charge is 0.308 e. The fourth-order valence-electron chi connectivity index (χ4n) is 2.63. The van der Waals surface area contributed by atoms with Crippen molar-refractivity contribution >= 4 is 11.9 Å². The van der Waals surface area contributed by atoms with Gasteiger partial charge < -0.3 is 10.0 Å². The molecule has 1 N–H and O–H groups in total. The minimum absolute atomic E-state index is 0.148. The van der Waals surface area contributed by atoms with E-state index < -0.39 is 5.97 Å². The van der Waals surface area contributed by atoms with Gasteiger partial charge >= 0.3 is 5.97 Å². The van der Waals surface area contributed by atoms with Gasteiger partial charge in [0.1, 0.15) is 0 Å². The number of hydrogen-bond acceptors (Lipinski definition) is 2. The van der Waals surface area contributed by atoms with Crippen molar-refractivity contribution in [2.45, 2.75) is 39.0 Å². The van der Waals surface area contributed by atoms with E-state index in [9.17, 15) is 9.59 Å². The molecule has 1 saturated carbocycles. The zero-order valence-corrected chi connectivity index (χ0v) is 10.4. The molecule has 96 valence electrons. The van der Waals surface area contributed by atoms with Gasteiger partial charge in [-0.15, -0.1) is 0 Å². The van der Waals surface area contributed by atoms with Crippen LogP contribution in [0.2, 0.25) is 0 Å². The second-order valence-electron chi connectivity index (χ2n) is 5.66. The number of nitrogens with zero attached hydrogens (tertiary/aromatic N) is 1. The first-order chi connectivity index (χ1) is 8.06. The summed E-state index contributed by atoms with van der Waals surface area (Å²) in [5.41, 5.74) is 0. The third-order valence-electron chi connectivity index (χ3n) is 3.83. The standard InChI is InChI=1S/C13H21NO3/c1-9-6-11(13(16)17)8-14(7-9)12(15)5-4-10-2-3-10/h9-11H,2-8H2,1H3,(H,16,17). The van der Waals surface area contributed by atoms with Gasteiger partial charge in [0.25, 0.3) is 0 Å². The van der Waals surface area contributed by atoms with E-state index in [0.29, 0.717) is 25.3 Å². The molecule has 0 radical (unpaired) electrons. The fourth-order valence-corrected chi connectivity index (χ4v) is 2.63. The van der Waals surface area contributed by atoms with E-state index >= 15 is 0 Å². The van der Waals surface area contributed by atoms with Crippen molar-refractivity contribution in [3.63, 3.8) is 0 Å². The predicted molar refractivity (Wildman–Crippen MR) is 63.4 cm³/mol. The Balaban J connectivity index is 1.84. The molecule has 2 rings (SSSR count). The van der Waals surface area contributed by atoms with Crippen LogP contribution in [0.15, 0.2) is 0 Å². The van der Waals surface area contributed by atoms with Gasteiger partial charge in [0, 0.05) is 19.5 Å². The number of carboxylic acid groups (broad SMARTS) is 1. The molecular weight excluding hydrogens is 218 g/mol. The molecule has 2 unspecified atom stereocenters. The van der Waals surface area contributed by atoms with Crippen LogP contribution >= 0.6 is 0 Å². The number of rotatable bonds is 4. The number of carboxylic acids is 1. The van der Waals surface area contributed by atoms with Crippen molar-refractivity contribution in [1.82, 2.24) is 4.90 Å². The molecule has 1 aliphatic heterocycles. The van der Waals surface area contributed by atoms with Crippen LogP contribution in [-0.4, -0.2) is 35.0 Å². The van der Waals surface area contributed by atoms with Crippen molar-refractivity contribution in [2.24, 2.45) is 17.8 Å². The largest absolute Gasteiger partial charge is 0.481 e. The normalized spacial score (nSPS) is 29.1. The van der Waals surface area contributed by atoms with E-state index in [-0.39, 0.29) is 11.8 Å². The third-order valence-corrected chi connectivity index (χ3v) is 3.83. The molecule has 0 bridgehead atoms. The van der Waals surface area contributed by atoms with Crippen LogP contribution in [0.4, 0.5) is 0 Å². The maximum atomic E-state index is 12.0. The summed E-state index contributed by atoms with van der Waals surface area (Å²) in [6, 6.07) is 0. The first kappa shape index (κ1) is 12.4. The fraction of sp³-hybridized carbons (Fsp3) is 0.846. The zero-order valence-electron chi connectivity index (χ0n) is 10.4. The molecular formula is C13H21NO3. The molecule has 4 heteroatoms. The average molecular weight is 239 g/mol. The van der Waals surface area contributed by atoms with Crippen LogP contribution in [0.1, 0.15) is 39.0 Å². The molecule has 1 amide bonds. The summed E-state index contributed by atoms with van der Waals surface area (Å²) in [7, 11) is 0. The van der Waals surface area contributed by atoms with Crippen molar-refractivity contribution in [2.75, 3.05) is 13.1 Å². The third kappa shape index (κ3) is 3.45. The van der Waals surface area contributed by atoms with Gasteiger partial charge in [-0.25, -0.2) is 0 Å². The van der Waals surface area contributed by atoms with Gasteiger partial charge in [-0.05, 0) is 24.7 Å². The Bertz CT molecular complexity index is 312. The highest BCUT2D eigenvalue weighted by Gasteiger charge is 2.32. The van der Waals surface area contributed by atoms with Crippen molar-refractivity contribution in [1.29, 1.82) is 0 Å². The lowest BCUT2D eigenvalue weighted by molar-refractivity contribution is -0.146. The van der Waals surface area contributed by atoms with Gasteiger partial charge in [-0.2, -0.15) is 0 Å². The lowest BCUT2D eigenvalue weighted by Gasteiger charge is -2.34. The van der Waals surface area contributed by atoms with E-state index in [1.807, 2.05) is 6.92 Å². The Morgan fingerprint density at radius 3 is 2.59 bits per heavy atom. The van der Waals surface area contributed by atoms with Crippen LogP contribution in [0, 0.1) is 17.8 Å². The molecule has 1 saturated heterocycles. The van der Waals surface area contributed by atoms with Gasteiger partial charge in [-0.3, -0.25) is 9.59 Å². The molecule has 1 aliphatic carbocycles. The molecule has 2 fully saturated rings. The molecule has 0 aromatic rings. The summed E-state index contributed by atoms with van der Waals surface area (Å²) in [5, 5.41) is 9.05. The summed E-state index contributed by atoms with van der Waals surface area (Å²) in [6.07, 6.45) is 4.82. The number of amides is 1. The van der Waals surface area contributed by atoms with E-state index in [1.165, 1.54) is 12.8 Å². The van der Waals surface area contributed by atoms with E-state index in [1.54, 1.807) is 4.90 Å². The maximum Gasteiger partial charge on any atom is 0.308 e. The quantitative estimate of drug-likeness (QED) is 0.813. The molecule has 0 spiro atoms. The Labute approximate surface area is 102 Å². The van der Waals surface area contributed by atoms with Crippen molar-refractivity contribution < 1.29 is 14.7 Å². The van der Waals surface area contributed by atoms with Gasteiger partial charge in [0.05, 0.1) is 5.92 Å². The van der Waals surface area contributed by atoms with Crippen LogP contribution in [0.5, 0.6) is 0 Å². The SMILES string of the molecule is CC1CC(C(=O)O)CN(C(=O)CCC2CC2)C1. The highest BCUT2D eigenvalue weighted by Crippen LogP contribution is 2.34. The molecule has 0 aromatic carbocycles. The number of carbonyl (C=O) groups is 2.